The SMILES string of the molecule is CCOc1cccc(C(=O)NC(=S)Nc2cc(-c3nc4ncccc4o3)ccc2C)c1. The van der Waals surface area contributed by atoms with Gasteiger partial charge in [0.15, 0.2) is 16.3 Å². The number of hydrogen-bond acceptors (Lipinski definition) is 6. The Morgan fingerprint density at radius 3 is 2.84 bits per heavy atom. The molecule has 156 valence electrons. The van der Waals surface area contributed by atoms with E-state index in [1.165, 1.54) is 0 Å². The largest absolute Gasteiger partial charge is 0.494 e. The Hall–Kier alpha value is -3.78. The number of carbonyl (C=O) groups excluding carboxylic acids is 1. The van der Waals surface area contributed by atoms with E-state index in [1.54, 1.807) is 36.5 Å². The lowest BCUT2D eigenvalue weighted by atomic mass is 10.1. The summed E-state index contributed by atoms with van der Waals surface area (Å²) in [5, 5.41) is 5.96. The van der Waals surface area contributed by atoms with E-state index in [4.69, 9.17) is 21.4 Å². The third kappa shape index (κ3) is 4.70. The van der Waals surface area contributed by atoms with Crippen LogP contribution in [0.2, 0.25) is 0 Å². The fourth-order valence-corrected chi connectivity index (χ4v) is 3.21. The van der Waals surface area contributed by atoms with Crippen molar-refractivity contribution in [2.75, 3.05) is 11.9 Å². The van der Waals surface area contributed by atoms with Gasteiger partial charge in [-0.2, -0.15) is 4.98 Å². The molecule has 0 aliphatic carbocycles. The lowest BCUT2D eigenvalue weighted by molar-refractivity contribution is 0.0977. The van der Waals surface area contributed by atoms with E-state index in [-0.39, 0.29) is 11.0 Å². The van der Waals surface area contributed by atoms with E-state index in [0.717, 1.165) is 16.8 Å². The summed E-state index contributed by atoms with van der Waals surface area (Å²) in [6, 6.07) is 16.3. The zero-order valence-electron chi connectivity index (χ0n) is 17.0. The number of anilines is 1. The fourth-order valence-electron chi connectivity index (χ4n) is 3.00. The van der Waals surface area contributed by atoms with Crippen LogP contribution in [0.3, 0.4) is 0 Å². The Labute approximate surface area is 184 Å². The molecule has 2 aromatic carbocycles. The number of benzene rings is 2. The zero-order valence-corrected chi connectivity index (χ0v) is 17.8. The van der Waals surface area contributed by atoms with Crippen molar-refractivity contribution in [2.24, 2.45) is 0 Å². The first-order chi connectivity index (χ1) is 15.0. The Kier molecular flexibility index (Phi) is 5.90. The second kappa shape index (κ2) is 8.93. The van der Waals surface area contributed by atoms with Crippen LogP contribution in [0.5, 0.6) is 5.75 Å². The summed E-state index contributed by atoms with van der Waals surface area (Å²) in [6.45, 7) is 4.35. The molecular formula is C23H20N4O3S. The molecule has 2 heterocycles. The molecule has 0 fully saturated rings. The molecule has 8 heteroatoms. The van der Waals surface area contributed by atoms with E-state index in [2.05, 4.69) is 20.6 Å². The van der Waals surface area contributed by atoms with Gasteiger partial charge in [-0.15, -0.1) is 0 Å². The van der Waals surface area contributed by atoms with Crippen LogP contribution in [0.15, 0.2) is 65.2 Å². The highest BCUT2D eigenvalue weighted by Crippen LogP contribution is 2.27. The molecule has 0 radical (unpaired) electrons. The fraction of sp³-hybridized carbons (Fsp3) is 0.130. The van der Waals surface area contributed by atoms with Gasteiger partial charge in [-0.05, 0) is 74.1 Å². The number of oxazole rings is 1. The first-order valence-electron chi connectivity index (χ1n) is 9.71. The lowest BCUT2D eigenvalue weighted by Crippen LogP contribution is -2.34. The Morgan fingerprint density at radius 2 is 2.03 bits per heavy atom. The number of nitrogens with one attached hydrogen (secondary N) is 2. The van der Waals surface area contributed by atoms with E-state index in [1.807, 2.05) is 38.1 Å². The van der Waals surface area contributed by atoms with Gasteiger partial charge in [0.2, 0.25) is 5.89 Å². The maximum absolute atomic E-state index is 12.5. The normalized spacial score (nSPS) is 10.6. The van der Waals surface area contributed by atoms with E-state index >= 15 is 0 Å². The van der Waals surface area contributed by atoms with Crippen molar-refractivity contribution in [3.8, 4) is 17.2 Å². The minimum absolute atomic E-state index is 0.186. The van der Waals surface area contributed by atoms with Crippen molar-refractivity contribution in [1.82, 2.24) is 15.3 Å². The molecule has 0 saturated carbocycles. The number of fused-ring (bicyclic) bond motifs is 1. The number of amides is 1. The number of pyridine rings is 1. The first kappa shape index (κ1) is 20.5. The van der Waals surface area contributed by atoms with Crippen LogP contribution in [-0.4, -0.2) is 27.6 Å². The Bertz CT molecular complexity index is 1240. The third-order valence-corrected chi connectivity index (χ3v) is 4.74. The smallest absolute Gasteiger partial charge is 0.257 e. The van der Waals surface area contributed by atoms with Gasteiger partial charge in [0, 0.05) is 23.0 Å². The number of nitrogens with zero attached hydrogens (tertiary/aromatic N) is 2. The van der Waals surface area contributed by atoms with E-state index in [9.17, 15) is 4.79 Å². The number of hydrogen-bond donors (Lipinski definition) is 2. The van der Waals surface area contributed by atoms with Gasteiger partial charge in [-0.1, -0.05) is 12.1 Å². The molecule has 2 aromatic heterocycles. The summed E-state index contributed by atoms with van der Waals surface area (Å²) >= 11 is 5.35. The van der Waals surface area contributed by atoms with Crippen molar-refractivity contribution in [1.29, 1.82) is 0 Å². The molecule has 2 N–H and O–H groups in total. The molecular weight excluding hydrogens is 412 g/mol. The molecule has 0 aliphatic rings. The average Bonchev–Trinajstić information content (AvgIpc) is 3.20. The summed E-state index contributed by atoms with van der Waals surface area (Å²) < 4.78 is 11.2. The van der Waals surface area contributed by atoms with Gasteiger partial charge in [-0.3, -0.25) is 10.1 Å². The maximum atomic E-state index is 12.5. The molecule has 1 amide bonds. The number of thiocarbonyl (C=S) groups is 1. The van der Waals surface area contributed by atoms with Gasteiger partial charge in [0.05, 0.1) is 6.61 Å². The predicted octanol–water partition coefficient (Wildman–Crippen LogP) is 4.72. The van der Waals surface area contributed by atoms with Crippen molar-refractivity contribution in [3.05, 3.63) is 71.9 Å². The number of rotatable bonds is 5. The quantitative estimate of drug-likeness (QED) is 0.441. The minimum Gasteiger partial charge on any atom is -0.494 e. The second-order valence-electron chi connectivity index (χ2n) is 6.74. The monoisotopic (exact) mass is 432 g/mol. The average molecular weight is 433 g/mol. The number of aryl methyl sites for hydroxylation is 1. The molecule has 7 nitrogen and oxygen atoms in total. The van der Waals surface area contributed by atoms with E-state index in [0.29, 0.717) is 35.0 Å². The number of carbonyl (C=O) groups is 1. The topological polar surface area (TPSA) is 89.3 Å². The van der Waals surface area contributed by atoms with Crippen LogP contribution < -0.4 is 15.4 Å². The second-order valence-corrected chi connectivity index (χ2v) is 7.15. The van der Waals surface area contributed by atoms with Gasteiger partial charge in [-0.25, -0.2) is 4.98 Å². The molecule has 4 rings (SSSR count). The molecule has 4 aromatic rings. The van der Waals surface area contributed by atoms with Gasteiger partial charge < -0.3 is 14.5 Å². The first-order valence-corrected chi connectivity index (χ1v) is 10.1. The number of ether oxygens (including phenoxy) is 1. The lowest BCUT2D eigenvalue weighted by Gasteiger charge is -2.13. The summed E-state index contributed by atoms with van der Waals surface area (Å²) in [5.41, 5.74) is 4.08. The van der Waals surface area contributed by atoms with Crippen LogP contribution in [0.1, 0.15) is 22.8 Å². The Balaban J connectivity index is 1.49. The van der Waals surface area contributed by atoms with Crippen molar-refractivity contribution >= 4 is 40.2 Å². The van der Waals surface area contributed by atoms with Crippen LogP contribution in [0.25, 0.3) is 22.7 Å². The van der Waals surface area contributed by atoms with Gasteiger partial charge in [0.1, 0.15) is 5.75 Å². The standard InChI is InChI=1S/C23H20N4O3S/c1-3-29-17-7-4-6-15(12-17)21(28)27-23(31)25-18-13-16(10-9-14(18)2)22-26-20-19(30-22)8-5-11-24-20/h4-13H,3H2,1-2H3,(H2,25,27,28,31). The maximum Gasteiger partial charge on any atom is 0.257 e. The molecule has 0 spiro atoms. The van der Waals surface area contributed by atoms with Crippen LogP contribution in [0.4, 0.5) is 5.69 Å². The van der Waals surface area contributed by atoms with E-state index < -0.39 is 0 Å². The van der Waals surface area contributed by atoms with Crippen molar-refractivity contribution < 1.29 is 13.9 Å². The van der Waals surface area contributed by atoms with Crippen LogP contribution in [0, 0.1) is 6.92 Å². The highest BCUT2D eigenvalue weighted by atomic mass is 32.1. The molecule has 0 aliphatic heterocycles. The van der Waals surface area contributed by atoms with Crippen LogP contribution in [-0.2, 0) is 0 Å². The van der Waals surface area contributed by atoms with Crippen molar-refractivity contribution in [3.63, 3.8) is 0 Å². The minimum atomic E-state index is -0.321. The van der Waals surface area contributed by atoms with Crippen molar-refractivity contribution in [2.45, 2.75) is 13.8 Å². The highest BCUT2D eigenvalue weighted by molar-refractivity contribution is 7.80. The third-order valence-electron chi connectivity index (χ3n) is 4.53. The van der Waals surface area contributed by atoms with Gasteiger partial charge in [0.25, 0.3) is 5.91 Å². The molecule has 0 bridgehead atoms. The molecule has 0 atom stereocenters. The number of aromatic nitrogens is 2. The summed E-state index contributed by atoms with van der Waals surface area (Å²) in [4.78, 5) is 21.2. The van der Waals surface area contributed by atoms with Crippen LogP contribution >= 0.6 is 12.2 Å². The molecule has 31 heavy (non-hydrogen) atoms. The Morgan fingerprint density at radius 1 is 1.16 bits per heavy atom. The summed E-state index contributed by atoms with van der Waals surface area (Å²) in [7, 11) is 0. The summed E-state index contributed by atoms with van der Waals surface area (Å²) in [5.74, 6) is 0.766. The summed E-state index contributed by atoms with van der Waals surface area (Å²) in [6.07, 6.45) is 1.67. The van der Waals surface area contributed by atoms with Gasteiger partial charge >= 0.3 is 0 Å². The highest BCUT2D eigenvalue weighted by Gasteiger charge is 2.13. The zero-order chi connectivity index (χ0) is 21.8. The predicted molar refractivity (Wildman–Crippen MR) is 123 cm³/mol. The molecule has 0 unspecified atom stereocenters. The molecule has 0 saturated heterocycles.